The van der Waals surface area contributed by atoms with Crippen molar-refractivity contribution in [2.45, 2.75) is 13.0 Å². The summed E-state index contributed by atoms with van der Waals surface area (Å²) in [5.74, 6) is 0.867. The second-order valence-corrected chi connectivity index (χ2v) is 7.81. The normalized spacial score (nSPS) is 16.1. The van der Waals surface area contributed by atoms with E-state index in [4.69, 9.17) is 9.47 Å². The van der Waals surface area contributed by atoms with Crippen LogP contribution in [0, 0.1) is 0 Å². The number of fused-ring (bicyclic) bond motifs is 1. The van der Waals surface area contributed by atoms with Crippen molar-refractivity contribution < 1.29 is 24.3 Å². The minimum Gasteiger partial charge on any atom is -0.497 e. The number of hydrogen-bond acceptors (Lipinski definition) is 7. The molecule has 2 N–H and O–H groups in total. The molecule has 1 aliphatic heterocycles. The fourth-order valence-corrected chi connectivity index (χ4v) is 4.87. The molecule has 10 heteroatoms. The summed E-state index contributed by atoms with van der Waals surface area (Å²) in [5.41, 5.74) is 1.03. The zero-order valence-electron chi connectivity index (χ0n) is 16.4. The van der Waals surface area contributed by atoms with Gasteiger partial charge in [0.05, 0.1) is 39.9 Å². The second kappa shape index (κ2) is 8.26. The van der Waals surface area contributed by atoms with Crippen molar-refractivity contribution in [3.8, 4) is 11.6 Å². The maximum absolute atomic E-state index is 12.1. The van der Waals surface area contributed by atoms with Crippen LogP contribution in [0.5, 0.6) is 11.6 Å². The van der Waals surface area contributed by atoms with Gasteiger partial charge >= 0.3 is 6.09 Å². The van der Waals surface area contributed by atoms with Crippen LogP contribution in [0.3, 0.4) is 0 Å². The lowest BCUT2D eigenvalue weighted by Gasteiger charge is -2.35. The zero-order valence-corrected chi connectivity index (χ0v) is 17.2. The van der Waals surface area contributed by atoms with Crippen molar-refractivity contribution in [2.24, 2.45) is 0 Å². The molecule has 1 aliphatic rings. The Hall–Kier alpha value is -2.85. The molecule has 29 heavy (non-hydrogen) atoms. The summed E-state index contributed by atoms with van der Waals surface area (Å²) in [6.07, 6.45) is 1.16. The average Bonchev–Trinajstić information content (AvgIpc) is 3.32. The Morgan fingerprint density at radius 3 is 2.86 bits per heavy atom. The minimum absolute atomic E-state index is 0.107. The summed E-state index contributed by atoms with van der Waals surface area (Å²) in [5, 5.41) is 14.9. The van der Waals surface area contributed by atoms with Gasteiger partial charge in [-0.15, -0.1) is 0 Å². The van der Waals surface area contributed by atoms with Crippen LogP contribution in [-0.4, -0.2) is 70.6 Å². The minimum atomic E-state index is -0.272. The standard InChI is InChI=1S/C19H23N5O4S/c1-3-28-19(26)23-9-7-22(8-10-23)15(13-5-4-6-14(11-13)27-2)16-17(25)24-18(29-16)20-12-21-24/h4-6,11-12,15,25H,3,7-10H2,1-2H3/p+1/t15-/m0/s1. The Kier molecular flexibility index (Phi) is 5.54. The van der Waals surface area contributed by atoms with Crippen molar-refractivity contribution in [1.82, 2.24) is 19.5 Å². The average molecular weight is 418 g/mol. The van der Waals surface area contributed by atoms with Gasteiger partial charge in [0.25, 0.3) is 0 Å². The molecule has 4 rings (SSSR count). The van der Waals surface area contributed by atoms with Crippen LogP contribution in [0.4, 0.5) is 4.79 Å². The Labute approximate surface area is 172 Å². The Morgan fingerprint density at radius 1 is 1.38 bits per heavy atom. The molecule has 0 spiro atoms. The second-order valence-electron chi connectivity index (χ2n) is 6.80. The SMILES string of the molecule is CCOC(=O)N1CC[NH+]([C@@H](c2cccc(OC)c2)c2sc3ncnn3c2O)CC1. The fraction of sp³-hybridized carbons (Fsp3) is 0.421. The number of hydrogen-bond donors (Lipinski definition) is 2. The van der Waals surface area contributed by atoms with Crippen LogP contribution in [-0.2, 0) is 4.74 Å². The monoisotopic (exact) mass is 418 g/mol. The summed E-state index contributed by atoms with van der Waals surface area (Å²) in [6.45, 7) is 4.82. The van der Waals surface area contributed by atoms with Crippen molar-refractivity contribution >= 4 is 22.4 Å². The molecule has 2 aromatic heterocycles. The highest BCUT2D eigenvalue weighted by Gasteiger charge is 2.36. The number of piperazine rings is 1. The molecular weight excluding hydrogens is 394 g/mol. The molecular formula is C19H24N5O4S+. The van der Waals surface area contributed by atoms with Crippen LogP contribution in [0.1, 0.15) is 23.4 Å². The summed E-state index contributed by atoms with van der Waals surface area (Å²) in [4.78, 5) is 20.7. The molecule has 1 fully saturated rings. The number of carbonyl (C=O) groups is 1. The number of amides is 1. The number of rotatable bonds is 5. The first-order chi connectivity index (χ1) is 14.1. The van der Waals surface area contributed by atoms with Gasteiger partial charge in [0.2, 0.25) is 10.8 Å². The molecule has 3 aromatic rings. The van der Waals surface area contributed by atoms with Crippen LogP contribution < -0.4 is 9.64 Å². The highest BCUT2D eigenvalue weighted by atomic mass is 32.1. The fourth-order valence-electron chi connectivity index (χ4n) is 3.76. The summed E-state index contributed by atoms with van der Waals surface area (Å²) in [6, 6.07) is 7.75. The number of thiazole rings is 1. The van der Waals surface area contributed by atoms with E-state index in [1.54, 1.807) is 12.0 Å². The first kappa shape index (κ1) is 19.5. The summed E-state index contributed by atoms with van der Waals surface area (Å²) in [7, 11) is 1.64. The molecule has 1 aromatic carbocycles. The largest absolute Gasteiger partial charge is 0.497 e. The van der Waals surface area contributed by atoms with E-state index in [9.17, 15) is 9.90 Å². The first-order valence-corrected chi connectivity index (χ1v) is 10.4. The van der Waals surface area contributed by atoms with Crippen LogP contribution in [0.25, 0.3) is 4.96 Å². The molecule has 154 valence electrons. The van der Waals surface area contributed by atoms with Crippen molar-refractivity contribution in [1.29, 1.82) is 0 Å². The van der Waals surface area contributed by atoms with Crippen molar-refractivity contribution in [3.63, 3.8) is 0 Å². The lowest BCUT2D eigenvalue weighted by atomic mass is 10.0. The third-order valence-electron chi connectivity index (χ3n) is 5.17. The van der Waals surface area contributed by atoms with Gasteiger partial charge in [-0.2, -0.15) is 9.61 Å². The molecule has 1 atom stereocenters. The first-order valence-electron chi connectivity index (χ1n) is 9.54. The molecule has 3 heterocycles. The smallest absolute Gasteiger partial charge is 0.410 e. The lowest BCUT2D eigenvalue weighted by Crippen LogP contribution is -3.15. The molecule has 1 amide bonds. The van der Waals surface area contributed by atoms with Gasteiger partial charge in [0.1, 0.15) is 17.0 Å². The maximum Gasteiger partial charge on any atom is 0.410 e. The quantitative estimate of drug-likeness (QED) is 0.641. The Bertz CT molecular complexity index is 996. The van der Waals surface area contributed by atoms with E-state index in [2.05, 4.69) is 10.1 Å². The van der Waals surface area contributed by atoms with E-state index in [-0.39, 0.29) is 18.0 Å². The van der Waals surface area contributed by atoms with Crippen LogP contribution >= 0.6 is 11.3 Å². The molecule has 0 unspecified atom stereocenters. The topological polar surface area (TPSA) is 93.6 Å². The van der Waals surface area contributed by atoms with Gasteiger partial charge in [0, 0.05) is 5.56 Å². The molecule has 9 nitrogen and oxygen atoms in total. The number of methoxy groups -OCH3 is 1. The number of aromatic nitrogens is 3. The number of carbonyl (C=O) groups excluding carboxylic acids is 1. The molecule has 1 saturated heterocycles. The van der Waals surface area contributed by atoms with E-state index in [1.807, 2.05) is 31.2 Å². The highest BCUT2D eigenvalue weighted by Crippen LogP contribution is 2.35. The van der Waals surface area contributed by atoms with Crippen LogP contribution in [0.15, 0.2) is 30.6 Å². The van der Waals surface area contributed by atoms with Gasteiger partial charge in [-0.1, -0.05) is 23.5 Å². The number of aromatic hydroxyl groups is 1. The predicted molar refractivity (Wildman–Crippen MR) is 107 cm³/mol. The van der Waals surface area contributed by atoms with Gasteiger partial charge in [0.15, 0.2) is 6.04 Å². The van der Waals surface area contributed by atoms with Gasteiger partial charge in [-0.05, 0) is 19.1 Å². The van der Waals surface area contributed by atoms with Crippen LogP contribution in [0.2, 0.25) is 0 Å². The molecule has 0 saturated carbocycles. The Balaban J connectivity index is 1.67. The van der Waals surface area contributed by atoms with Gasteiger partial charge in [-0.25, -0.2) is 9.78 Å². The Morgan fingerprint density at radius 2 is 2.17 bits per heavy atom. The summed E-state index contributed by atoms with van der Waals surface area (Å²) >= 11 is 1.43. The number of quaternary nitrogens is 1. The zero-order chi connectivity index (χ0) is 20.4. The van der Waals surface area contributed by atoms with Crippen molar-refractivity contribution in [2.75, 3.05) is 39.9 Å². The number of nitrogens with one attached hydrogen (secondary N) is 1. The van der Waals surface area contributed by atoms with Gasteiger partial charge in [-0.3, -0.25) is 4.90 Å². The lowest BCUT2D eigenvalue weighted by molar-refractivity contribution is -0.929. The van der Waals surface area contributed by atoms with E-state index < -0.39 is 0 Å². The number of benzene rings is 1. The molecule has 0 radical (unpaired) electrons. The molecule has 0 bridgehead atoms. The molecule has 0 aliphatic carbocycles. The van der Waals surface area contributed by atoms with E-state index in [0.29, 0.717) is 24.7 Å². The third-order valence-corrected chi connectivity index (χ3v) is 6.27. The van der Waals surface area contributed by atoms with E-state index >= 15 is 0 Å². The van der Waals surface area contributed by atoms with Crippen molar-refractivity contribution in [3.05, 3.63) is 41.0 Å². The highest BCUT2D eigenvalue weighted by molar-refractivity contribution is 7.17. The third kappa shape index (κ3) is 3.73. The van der Waals surface area contributed by atoms with Gasteiger partial charge < -0.3 is 19.5 Å². The number of nitrogens with zero attached hydrogens (tertiary/aromatic N) is 4. The number of ether oxygens (including phenoxy) is 2. The predicted octanol–water partition coefficient (Wildman–Crippen LogP) is 0.951. The maximum atomic E-state index is 12.1. The summed E-state index contributed by atoms with van der Waals surface area (Å²) < 4.78 is 12.0. The van der Waals surface area contributed by atoms with E-state index in [1.165, 1.54) is 27.1 Å². The van der Waals surface area contributed by atoms with E-state index in [0.717, 1.165) is 29.3 Å².